The third-order valence-electron chi connectivity index (χ3n) is 7.16. The number of ether oxygens (including phenoxy) is 1. The van der Waals surface area contributed by atoms with Crippen molar-refractivity contribution in [2.45, 2.75) is 76.3 Å². The third-order valence-corrected chi connectivity index (χ3v) is 7.48. The molecular weight excluding hydrogens is 457 g/mol. The minimum Gasteiger partial charge on any atom is -0.392 e. The fraction of sp³-hybridized carbons (Fsp3) is 0.444. The zero-order valence-electron chi connectivity index (χ0n) is 19.2. The van der Waals surface area contributed by atoms with Gasteiger partial charge in [0.15, 0.2) is 0 Å². The number of halogens is 2. The van der Waals surface area contributed by atoms with Crippen molar-refractivity contribution in [2.24, 2.45) is 0 Å². The van der Waals surface area contributed by atoms with Crippen molar-refractivity contribution in [3.05, 3.63) is 75.3 Å². The van der Waals surface area contributed by atoms with Gasteiger partial charge in [-0.25, -0.2) is 4.39 Å². The first-order valence-corrected chi connectivity index (χ1v) is 12.2. The normalized spacial score (nSPS) is 22.8. The van der Waals surface area contributed by atoms with Crippen molar-refractivity contribution in [1.82, 2.24) is 5.16 Å². The van der Waals surface area contributed by atoms with Crippen molar-refractivity contribution in [3.63, 3.8) is 0 Å². The van der Waals surface area contributed by atoms with Gasteiger partial charge >= 0.3 is 0 Å². The molecule has 2 fully saturated rings. The van der Waals surface area contributed by atoms with Gasteiger partial charge in [0.1, 0.15) is 17.3 Å². The molecule has 1 aromatic heterocycles. The summed E-state index contributed by atoms with van der Waals surface area (Å²) in [6.45, 7) is 2.17. The molecule has 1 heterocycles. The average Bonchev–Trinajstić information content (AvgIpc) is 3.59. The van der Waals surface area contributed by atoms with Gasteiger partial charge in [-0.1, -0.05) is 35.0 Å². The largest absolute Gasteiger partial charge is 0.392 e. The van der Waals surface area contributed by atoms with Gasteiger partial charge in [-0.15, -0.1) is 0 Å². The Bertz CT molecular complexity index is 1160. The van der Waals surface area contributed by atoms with Crippen LogP contribution in [0.25, 0.3) is 11.3 Å². The summed E-state index contributed by atoms with van der Waals surface area (Å²) in [5.41, 5.74) is 3.16. The maximum atomic E-state index is 14.5. The summed E-state index contributed by atoms with van der Waals surface area (Å²) in [6, 6.07) is 10.2. The van der Waals surface area contributed by atoms with Crippen LogP contribution in [0.2, 0.25) is 5.02 Å². The summed E-state index contributed by atoms with van der Waals surface area (Å²) >= 11 is 6.52. The first-order chi connectivity index (χ1) is 16.4. The Morgan fingerprint density at radius 2 is 1.94 bits per heavy atom. The Morgan fingerprint density at radius 1 is 1.18 bits per heavy atom. The van der Waals surface area contributed by atoms with Gasteiger partial charge in [-0.2, -0.15) is 0 Å². The molecule has 3 aromatic rings. The van der Waals surface area contributed by atoms with Gasteiger partial charge in [0, 0.05) is 22.6 Å². The number of rotatable bonds is 7. The molecule has 0 radical (unpaired) electrons. The van der Waals surface area contributed by atoms with E-state index in [2.05, 4.69) is 5.16 Å². The second-order valence-electron chi connectivity index (χ2n) is 9.59. The lowest BCUT2D eigenvalue weighted by Gasteiger charge is -2.36. The molecule has 2 aliphatic carbocycles. The summed E-state index contributed by atoms with van der Waals surface area (Å²) in [6.07, 6.45) is 4.08. The molecule has 7 heteroatoms. The molecule has 5 rings (SSSR count). The molecule has 0 unspecified atom stereocenters. The summed E-state index contributed by atoms with van der Waals surface area (Å²) in [7, 11) is 0. The molecule has 0 atom stereocenters. The van der Waals surface area contributed by atoms with Crippen LogP contribution in [-0.4, -0.2) is 21.5 Å². The van der Waals surface area contributed by atoms with E-state index in [0.29, 0.717) is 48.8 Å². The quantitative estimate of drug-likeness (QED) is 0.419. The van der Waals surface area contributed by atoms with Crippen LogP contribution in [-0.2, 0) is 23.6 Å². The maximum absolute atomic E-state index is 14.5. The van der Waals surface area contributed by atoms with E-state index < -0.39 is 11.4 Å². The Labute approximate surface area is 203 Å². The number of aliphatic hydroxyl groups excluding tert-OH is 1. The third kappa shape index (κ3) is 4.52. The van der Waals surface area contributed by atoms with Gasteiger partial charge in [-0.05, 0) is 74.8 Å². The van der Waals surface area contributed by atoms with Gasteiger partial charge in [0.25, 0.3) is 0 Å². The van der Waals surface area contributed by atoms with Crippen LogP contribution in [0, 0.1) is 12.7 Å². The molecule has 34 heavy (non-hydrogen) atoms. The van der Waals surface area contributed by atoms with Crippen molar-refractivity contribution < 1.29 is 23.9 Å². The first kappa shape index (κ1) is 23.5. The number of aliphatic hydroxyl groups is 2. The number of aromatic nitrogens is 1. The molecule has 0 amide bonds. The van der Waals surface area contributed by atoms with E-state index in [9.17, 15) is 14.6 Å². The zero-order valence-corrected chi connectivity index (χ0v) is 19.9. The Kier molecular flexibility index (Phi) is 6.51. The monoisotopic (exact) mass is 485 g/mol. The number of nitrogens with zero attached hydrogens (tertiary/aromatic N) is 1. The molecule has 5 nitrogen and oxygen atoms in total. The van der Waals surface area contributed by atoms with E-state index in [-0.39, 0.29) is 18.3 Å². The number of aryl methyl sites for hydroxylation is 1. The van der Waals surface area contributed by atoms with Crippen molar-refractivity contribution in [2.75, 3.05) is 0 Å². The molecule has 2 aliphatic rings. The standard InChI is InChI=1S/C27H29ClFNO4/c1-16-3-2-4-22(28)24(16)25-20(26(34-30-25)18-6-7-18)15-33-19-9-11-27(32,12-10-19)21-13-17(14-31)5-8-23(21)29/h2-5,8,13,18-19,31-32H,6-7,9-12,14-15H2,1H3/t19-,27+. The molecule has 2 saturated carbocycles. The van der Waals surface area contributed by atoms with Crippen LogP contribution >= 0.6 is 11.6 Å². The van der Waals surface area contributed by atoms with Crippen LogP contribution in [0.5, 0.6) is 0 Å². The zero-order chi connectivity index (χ0) is 23.9. The second kappa shape index (κ2) is 9.42. The summed E-state index contributed by atoms with van der Waals surface area (Å²) < 4.78 is 26.5. The fourth-order valence-corrected chi connectivity index (χ4v) is 5.30. The summed E-state index contributed by atoms with van der Waals surface area (Å²) in [5.74, 6) is 0.808. The molecule has 0 bridgehead atoms. The highest BCUT2D eigenvalue weighted by molar-refractivity contribution is 6.33. The van der Waals surface area contributed by atoms with Crippen molar-refractivity contribution >= 4 is 11.6 Å². The highest BCUT2D eigenvalue weighted by Gasteiger charge is 2.38. The SMILES string of the molecule is Cc1cccc(Cl)c1-c1noc(C2CC2)c1CO[C@H]1CC[C@](O)(c2cc(CO)ccc2F)CC1. The van der Waals surface area contributed by atoms with Crippen LogP contribution in [0.15, 0.2) is 40.9 Å². The minimum atomic E-state index is -1.26. The van der Waals surface area contributed by atoms with E-state index in [1.165, 1.54) is 12.1 Å². The predicted molar refractivity (Wildman–Crippen MR) is 127 cm³/mol. The lowest BCUT2D eigenvalue weighted by Crippen LogP contribution is -2.35. The lowest BCUT2D eigenvalue weighted by molar-refractivity contribution is -0.0657. The molecule has 0 saturated heterocycles. The highest BCUT2D eigenvalue weighted by Crippen LogP contribution is 2.46. The van der Waals surface area contributed by atoms with Gasteiger partial charge in [0.2, 0.25) is 0 Å². The number of benzene rings is 2. The molecule has 0 aliphatic heterocycles. The van der Waals surface area contributed by atoms with Crippen LogP contribution in [0.4, 0.5) is 4.39 Å². The second-order valence-corrected chi connectivity index (χ2v) is 10.0. The average molecular weight is 486 g/mol. The van der Waals surface area contributed by atoms with Crippen molar-refractivity contribution in [1.29, 1.82) is 0 Å². The molecular formula is C27H29ClFNO4. The molecule has 2 aromatic carbocycles. The van der Waals surface area contributed by atoms with E-state index in [4.69, 9.17) is 20.9 Å². The van der Waals surface area contributed by atoms with Crippen LogP contribution in [0.1, 0.15) is 72.5 Å². The first-order valence-electron chi connectivity index (χ1n) is 11.9. The molecule has 2 N–H and O–H groups in total. The summed E-state index contributed by atoms with van der Waals surface area (Å²) in [4.78, 5) is 0. The van der Waals surface area contributed by atoms with Crippen LogP contribution < -0.4 is 0 Å². The van der Waals surface area contributed by atoms with Gasteiger partial charge in [0.05, 0.1) is 29.9 Å². The number of hydrogen-bond donors (Lipinski definition) is 2. The lowest BCUT2D eigenvalue weighted by atomic mass is 9.78. The fourth-order valence-electron chi connectivity index (χ4n) is 4.99. The van der Waals surface area contributed by atoms with E-state index in [1.54, 1.807) is 6.07 Å². The Morgan fingerprint density at radius 3 is 2.62 bits per heavy atom. The van der Waals surface area contributed by atoms with Crippen LogP contribution in [0.3, 0.4) is 0 Å². The Hall–Kier alpha value is -2.25. The van der Waals surface area contributed by atoms with Gasteiger partial charge in [-0.3, -0.25) is 0 Å². The highest BCUT2D eigenvalue weighted by atomic mass is 35.5. The molecule has 180 valence electrons. The topological polar surface area (TPSA) is 75.7 Å². The maximum Gasteiger partial charge on any atom is 0.145 e. The van der Waals surface area contributed by atoms with E-state index >= 15 is 0 Å². The molecule has 0 spiro atoms. The van der Waals surface area contributed by atoms with Gasteiger partial charge < -0.3 is 19.5 Å². The Balaban J connectivity index is 1.31. The van der Waals surface area contributed by atoms with Crippen molar-refractivity contribution in [3.8, 4) is 11.3 Å². The number of hydrogen-bond acceptors (Lipinski definition) is 5. The minimum absolute atomic E-state index is 0.0634. The predicted octanol–water partition coefficient (Wildman–Crippen LogP) is 6.16. The summed E-state index contributed by atoms with van der Waals surface area (Å²) in [5, 5.41) is 25.6. The van der Waals surface area contributed by atoms with E-state index in [1.807, 2.05) is 25.1 Å². The van der Waals surface area contributed by atoms with E-state index in [0.717, 1.165) is 41.0 Å². The smallest absolute Gasteiger partial charge is 0.145 e.